The zero-order chi connectivity index (χ0) is 13.0. The van der Waals surface area contributed by atoms with Crippen LogP contribution in [0.2, 0.25) is 0 Å². The van der Waals surface area contributed by atoms with Crippen LogP contribution in [0.15, 0.2) is 28.9 Å². The predicted molar refractivity (Wildman–Crippen MR) is 73.8 cm³/mol. The smallest absolute Gasteiger partial charge is 0.141 e. The minimum absolute atomic E-state index is 0.683. The number of fused-ring (bicyclic) bond motifs is 2. The van der Waals surface area contributed by atoms with Gasteiger partial charge in [-0.1, -0.05) is 6.58 Å². The molecule has 0 saturated heterocycles. The first kappa shape index (κ1) is 11.1. The fourth-order valence-corrected chi connectivity index (χ4v) is 2.52. The van der Waals surface area contributed by atoms with Crippen LogP contribution in [-0.2, 0) is 0 Å². The maximum atomic E-state index is 5.84. The van der Waals surface area contributed by atoms with Crippen molar-refractivity contribution in [1.29, 1.82) is 0 Å². The van der Waals surface area contributed by atoms with Crippen molar-refractivity contribution < 1.29 is 9.15 Å². The van der Waals surface area contributed by atoms with E-state index in [2.05, 4.69) is 26.5 Å². The highest BCUT2D eigenvalue weighted by Crippen LogP contribution is 2.41. The predicted octanol–water partition coefficient (Wildman–Crippen LogP) is 4.67. The summed E-state index contributed by atoms with van der Waals surface area (Å²) in [6.07, 6.45) is 1.97. The summed E-state index contributed by atoms with van der Waals surface area (Å²) in [7, 11) is 0. The third-order valence-electron chi connectivity index (χ3n) is 3.68. The lowest BCUT2D eigenvalue weighted by Crippen LogP contribution is -2.03. The second-order valence-electron chi connectivity index (χ2n) is 4.93. The molecule has 1 aliphatic heterocycles. The van der Waals surface area contributed by atoms with Crippen LogP contribution in [0.5, 0.6) is 5.75 Å². The molecule has 2 heteroatoms. The Labute approximate surface area is 107 Å². The first-order valence-corrected chi connectivity index (χ1v) is 6.07. The van der Waals surface area contributed by atoms with Gasteiger partial charge in [-0.2, -0.15) is 0 Å². The maximum Gasteiger partial charge on any atom is 0.141 e. The second kappa shape index (κ2) is 3.52. The number of furan rings is 1. The highest BCUT2D eigenvalue weighted by Gasteiger charge is 2.21. The molecule has 0 radical (unpaired) electrons. The van der Waals surface area contributed by atoms with E-state index in [1.807, 2.05) is 19.9 Å². The Hall–Kier alpha value is -1.96. The summed E-state index contributed by atoms with van der Waals surface area (Å²) < 4.78 is 11.6. The molecule has 0 N–H and O–H groups in total. The first-order valence-electron chi connectivity index (χ1n) is 6.07. The lowest BCUT2D eigenvalue weighted by molar-refractivity contribution is 0.437. The number of ether oxygens (including phenoxy) is 1. The van der Waals surface area contributed by atoms with E-state index < -0.39 is 0 Å². The molecular formula is C16H16O2. The minimum Gasteiger partial charge on any atom is -0.461 e. The minimum atomic E-state index is 0.683. The molecular weight excluding hydrogens is 224 g/mol. The number of hydrogen-bond acceptors (Lipinski definition) is 2. The molecule has 1 aromatic heterocycles. The average Bonchev–Trinajstić information content (AvgIpc) is 2.59. The molecule has 0 aliphatic carbocycles. The van der Waals surface area contributed by atoms with Crippen LogP contribution in [0.4, 0.5) is 0 Å². The van der Waals surface area contributed by atoms with Gasteiger partial charge in [-0.05, 0) is 51.0 Å². The van der Waals surface area contributed by atoms with E-state index in [1.165, 1.54) is 16.5 Å². The third-order valence-corrected chi connectivity index (χ3v) is 3.68. The summed E-state index contributed by atoms with van der Waals surface area (Å²) in [6.45, 7) is 12.1. The van der Waals surface area contributed by atoms with Crippen molar-refractivity contribution >= 4 is 16.5 Å². The zero-order valence-electron chi connectivity index (χ0n) is 11.2. The van der Waals surface area contributed by atoms with Crippen LogP contribution in [-0.4, -0.2) is 0 Å². The van der Waals surface area contributed by atoms with Gasteiger partial charge in [-0.3, -0.25) is 0 Å². The van der Waals surface area contributed by atoms with Gasteiger partial charge >= 0.3 is 0 Å². The quantitative estimate of drug-likeness (QED) is 0.667. The van der Waals surface area contributed by atoms with Gasteiger partial charge < -0.3 is 9.15 Å². The van der Waals surface area contributed by atoms with Gasteiger partial charge in [0.05, 0.1) is 0 Å². The number of rotatable bonds is 0. The van der Waals surface area contributed by atoms with E-state index in [0.29, 0.717) is 5.76 Å². The van der Waals surface area contributed by atoms with Crippen molar-refractivity contribution in [2.45, 2.75) is 27.7 Å². The van der Waals surface area contributed by atoms with Crippen molar-refractivity contribution in [3.63, 3.8) is 0 Å². The molecule has 2 nitrogen and oxygen atoms in total. The van der Waals surface area contributed by atoms with E-state index >= 15 is 0 Å². The van der Waals surface area contributed by atoms with Gasteiger partial charge in [-0.15, -0.1) is 0 Å². The van der Waals surface area contributed by atoms with Crippen molar-refractivity contribution in [3.05, 3.63) is 46.9 Å². The fraction of sp³-hybridized carbons (Fsp3) is 0.250. The molecule has 0 spiro atoms. The van der Waals surface area contributed by atoms with Crippen LogP contribution in [0.25, 0.3) is 16.5 Å². The Morgan fingerprint density at radius 1 is 1.06 bits per heavy atom. The summed E-state index contributed by atoms with van der Waals surface area (Å²) in [5.74, 6) is 2.53. The molecule has 0 fully saturated rings. The van der Waals surface area contributed by atoms with E-state index in [9.17, 15) is 0 Å². The summed E-state index contributed by atoms with van der Waals surface area (Å²) in [5.41, 5.74) is 5.49. The van der Waals surface area contributed by atoms with Gasteiger partial charge in [-0.25, -0.2) is 0 Å². The van der Waals surface area contributed by atoms with E-state index in [4.69, 9.17) is 9.15 Å². The summed E-state index contributed by atoms with van der Waals surface area (Å²) in [5, 5.41) is 1.17. The van der Waals surface area contributed by atoms with Gasteiger partial charge in [0.2, 0.25) is 0 Å². The van der Waals surface area contributed by atoms with E-state index in [1.54, 1.807) is 0 Å². The van der Waals surface area contributed by atoms with Crippen molar-refractivity contribution in [2.75, 3.05) is 0 Å². The highest BCUT2D eigenvalue weighted by molar-refractivity contribution is 5.92. The van der Waals surface area contributed by atoms with Gasteiger partial charge in [0, 0.05) is 16.5 Å². The topological polar surface area (TPSA) is 22.4 Å². The fourth-order valence-electron chi connectivity index (χ4n) is 2.52. The number of aryl methyl sites for hydroxylation is 3. The summed E-state index contributed by atoms with van der Waals surface area (Å²) in [6, 6.07) is 2.15. The largest absolute Gasteiger partial charge is 0.461 e. The molecule has 0 atom stereocenters. The third kappa shape index (κ3) is 1.35. The Balaban J connectivity index is 2.44. The maximum absolute atomic E-state index is 5.84. The van der Waals surface area contributed by atoms with Gasteiger partial charge in [0.15, 0.2) is 0 Å². The Bertz CT molecular complexity index is 715. The van der Waals surface area contributed by atoms with Crippen LogP contribution < -0.4 is 4.74 Å². The van der Waals surface area contributed by atoms with Crippen LogP contribution >= 0.6 is 0 Å². The van der Waals surface area contributed by atoms with Crippen LogP contribution in [0, 0.1) is 20.8 Å². The monoisotopic (exact) mass is 240 g/mol. The standard InChI is InChI=1S/C16H16O2/c1-8-6-9(2)17-15-11(4)16-14(7-13(8)15)10(3)12(5)18-16/h6-7H,2H2,1,3-5H3. The van der Waals surface area contributed by atoms with Crippen molar-refractivity contribution in [1.82, 2.24) is 0 Å². The van der Waals surface area contributed by atoms with Crippen LogP contribution in [0.1, 0.15) is 29.4 Å². The van der Waals surface area contributed by atoms with Crippen molar-refractivity contribution in [2.24, 2.45) is 0 Å². The molecule has 0 unspecified atom stereocenters. The van der Waals surface area contributed by atoms with Crippen LogP contribution in [0.3, 0.4) is 0 Å². The normalized spacial score (nSPS) is 14.4. The molecule has 18 heavy (non-hydrogen) atoms. The van der Waals surface area contributed by atoms with Gasteiger partial charge in [0.1, 0.15) is 22.9 Å². The SMILES string of the molecule is C=C1C=C(C)c2cc3c(C)c(C)oc3c(C)c2O1. The summed E-state index contributed by atoms with van der Waals surface area (Å²) in [4.78, 5) is 0. The van der Waals surface area contributed by atoms with Crippen molar-refractivity contribution in [3.8, 4) is 5.75 Å². The number of benzene rings is 1. The second-order valence-corrected chi connectivity index (χ2v) is 4.93. The molecule has 92 valence electrons. The Morgan fingerprint density at radius 2 is 1.78 bits per heavy atom. The van der Waals surface area contributed by atoms with Gasteiger partial charge in [0.25, 0.3) is 0 Å². The number of allylic oxidation sites excluding steroid dienone is 2. The molecule has 0 saturated carbocycles. The molecule has 1 aliphatic rings. The first-order chi connectivity index (χ1) is 8.49. The zero-order valence-corrected chi connectivity index (χ0v) is 11.2. The number of hydrogen-bond donors (Lipinski definition) is 0. The lowest BCUT2D eigenvalue weighted by Gasteiger charge is -2.19. The van der Waals surface area contributed by atoms with E-state index in [0.717, 1.165) is 28.2 Å². The summed E-state index contributed by atoms with van der Waals surface area (Å²) >= 11 is 0. The van der Waals surface area contributed by atoms with E-state index in [-0.39, 0.29) is 0 Å². The molecule has 3 rings (SSSR count). The molecule has 1 aromatic carbocycles. The Morgan fingerprint density at radius 3 is 2.50 bits per heavy atom. The Kier molecular flexibility index (Phi) is 2.18. The average molecular weight is 240 g/mol. The molecule has 0 bridgehead atoms. The molecule has 2 heterocycles. The lowest BCUT2D eigenvalue weighted by atomic mass is 9.97. The molecule has 0 amide bonds. The molecule has 2 aromatic rings. The highest BCUT2D eigenvalue weighted by atomic mass is 16.5.